The van der Waals surface area contributed by atoms with Crippen LogP contribution < -0.4 is 11.1 Å². The summed E-state index contributed by atoms with van der Waals surface area (Å²) in [5, 5.41) is 4.63. The van der Waals surface area contributed by atoms with Crippen molar-refractivity contribution in [2.75, 3.05) is 12.3 Å². The second kappa shape index (κ2) is 5.69. The van der Waals surface area contributed by atoms with Crippen LogP contribution in [0.1, 0.15) is 35.8 Å². The molecule has 4 nitrogen and oxygen atoms in total. The molecular weight excluding hydrogens is 238 g/mol. The Kier molecular flexibility index (Phi) is 4.00. The van der Waals surface area contributed by atoms with Crippen LogP contribution in [-0.2, 0) is 0 Å². The molecule has 4 heteroatoms. The Balaban J connectivity index is 2.43. The lowest BCUT2D eigenvalue weighted by Gasteiger charge is -2.10. The number of benzene rings is 1. The summed E-state index contributed by atoms with van der Waals surface area (Å²) in [4.78, 5) is 16.4. The molecule has 3 N–H and O–H groups in total. The number of aryl methyl sites for hydroxylation is 1. The largest absolute Gasteiger partial charge is 0.398 e. The molecule has 0 radical (unpaired) electrons. The number of pyridine rings is 1. The molecule has 0 saturated carbocycles. The van der Waals surface area contributed by atoms with E-state index in [1.165, 1.54) is 0 Å². The van der Waals surface area contributed by atoms with Gasteiger partial charge in [0, 0.05) is 29.2 Å². The van der Waals surface area contributed by atoms with Crippen LogP contribution in [0.25, 0.3) is 10.8 Å². The Bertz CT molecular complexity index is 608. The van der Waals surface area contributed by atoms with Crippen LogP contribution in [0.3, 0.4) is 0 Å². The third-order valence-corrected chi connectivity index (χ3v) is 3.20. The van der Waals surface area contributed by atoms with E-state index < -0.39 is 0 Å². The highest BCUT2D eigenvalue weighted by Gasteiger charge is 2.14. The van der Waals surface area contributed by atoms with Crippen molar-refractivity contribution in [2.45, 2.75) is 26.7 Å². The van der Waals surface area contributed by atoms with Crippen LogP contribution >= 0.6 is 0 Å². The second-order valence-corrected chi connectivity index (χ2v) is 4.66. The third-order valence-electron chi connectivity index (χ3n) is 3.20. The van der Waals surface area contributed by atoms with Gasteiger partial charge in [-0.05, 0) is 31.0 Å². The monoisotopic (exact) mass is 257 g/mol. The van der Waals surface area contributed by atoms with Crippen molar-refractivity contribution in [1.29, 1.82) is 0 Å². The Morgan fingerprint density at radius 3 is 2.89 bits per heavy atom. The lowest BCUT2D eigenvalue weighted by molar-refractivity contribution is 0.0950. The standard InChI is InChI=1S/C15H19N3O/c1-3-4-8-18-15(19)14-13-10(2)5-6-12(16)11(13)7-9-17-14/h5-7,9H,3-4,8,16H2,1-2H3,(H,18,19). The lowest BCUT2D eigenvalue weighted by atomic mass is 10.0. The van der Waals surface area contributed by atoms with E-state index in [4.69, 9.17) is 5.73 Å². The molecule has 0 saturated heterocycles. The predicted octanol–water partition coefficient (Wildman–Crippen LogP) is 2.66. The molecule has 0 unspecified atom stereocenters. The van der Waals surface area contributed by atoms with Gasteiger partial charge in [-0.15, -0.1) is 0 Å². The van der Waals surface area contributed by atoms with E-state index in [1.54, 1.807) is 6.20 Å². The molecule has 2 rings (SSSR count). The van der Waals surface area contributed by atoms with Crippen molar-refractivity contribution in [3.05, 3.63) is 35.7 Å². The van der Waals surface area contributed by atoms with Gasteiger partial charge in [0.15, 0.2) is 0 Å². The zero-order chi connectivity index (χ0) is 13.8. The summed E-state index contributed by atoms with van der Waals surface area (Å²) in [7, 11) is 0. The van der Waals surface area contributed by atoms with Crippen molar-refractivity contribution >= 4 is 22.4 Å². The van der Waals surface area contributed by atoms with Crippen LogP contribution in [0.5, 0.6) is 0 Å². The molecule has 0 aliphatic carbocycles. The number of carbonyl (C=O) groups excluding carboxylic acids is 1. The lowest BCUT2D eigenvalue weighted by Crippen LogP contribution is -2.25. The molecular formula is C15H19N3O. The number of unbranched alkanes of at least 4 members (excludes halogenated alkanes) is 1. The number of fused-ring (bicyclic) bond motifs is 1. The third kappa shape index (κ3) is 2.67. The van der Waals surface area contributed by atoms with Crippen LogP contribution in [0.15, 0.2) is 24.4 Å². The number of nitrogens with zero attached hydrogens (tertiary/aromatic N) is 1. The number of amides is 1. The normalized spacial score (nSPS) is 10.6. The van der Waals surface area contributed by atoms with Gasteiger partial charge in [0.25, 0.3) is 5.91 Å². The van der Waals surface area contributed by atoms with E-state index in [9.17, 15) is 4.79 Å². The van der Waals surface area contributed by atoms with Gasteiger partial charge in [0.1, 0.15) is 5.69 Å². The summed E-state index contributed by atoms with van der Waals surface area (Å²) in [5.74, 6) is -0.132. The maximum atomic E-state index is 12.2. The topological polar surface area (TPSA) is 68.0 Å². The molecule has 1 amide bonds. The first kappa shape index (κ1) is 13.3. The van der Waals surface area contributed by atoms with E-state index in [0.717, 1.165) is 29.2 Å². The Morgan fingerprint density at radius 1 is 1.37 bits per heavy atom. The van der Waals surface area contributed by atoms with Gasteiger partial charge in [0.2, 0.25) is 0 Å². The molecule has 19 heavy (non-hydrogen) atoms. The average molecular weight is 257 g/mol. The van der Waals surface area contributed by atoms with Crippen LogP contribution in [-0.4, -0.2) is 17.4 Å². The zero-order valence-electron chi connectivity index (χ0n) is 11.4. The first-order valence-corrected chi connectivity index (χ1v) is 6.57. The molecule has 0 fully saturated rings. The first-order chi connectivity index (χ1) is 9.15. The van der Waals surface area contributed by atoms with Gasteiger partial charge in [-0.2, -0.15) is 0 Å². The van der Waals surface area contributed by atoms with Crippen molar-refractivity contribution in [2.24, 2.45) is 0 Å². The van der Waals surface area contributed by atoms with Gasteiger partial charge in [-0.1, -0.05) is 19.4 Å². The summed E-state index contributed by atoms with van der Waals surface area (Å²) >= 11 is 0. The number of carbonyl (C=O) groups is 1. The summed E-state index contributed by atoms with van der Waals surface area (Å²) in [6.07, 6.45) is 3.65. The van der Waals surface area contributed by atoms with E-state index in [2.05, 4.69) is 17.2 Å². The van der Waals surface area contributed by atoms with Crippen molar-refractivity contribution in [3.63, 3.8) is 0 Å². The summed E-state index contributed by atoms with van der Waals surface area (Å²) in [6.45, 7) is 4.73. The Morgan fingerprint density at radius 2 is 2.16 bits per heavy atom. The van der Waals surface area contributed by atoms with Crippen molar-refractivity contribution < 1.29 is 4.79 Å². The average Bonchev–Trinajstić information content (AvgIpc) is 2.42. The van der Waals surface area contributed by atoms with Gasteiger partial charge in [-0.25, -0.2) is 0 Å². The van der Waals surface area contributed by atoms with Gasteiger partial charge >= 0.3 is 0 Å². The fraction of sp³-hybridized carbons (Fsp3) is 0.333. The highest BCUT2D eigenvalue weighted by atomic mass is 16.1. The minimum Gasteiger partial charge on any atom is -0.398 e. The van der Waals surface area contributed by atoms with Crippen molar-refractivity contribution in [3.8, 4) is 0 Å². The highest BCUT2D eigenvalue weighted by molar-refractivity contribution is 6.09. The Hall–Kier alpha value is -2.10. The van der Waals surface area contributed by atoms with Crippen LogP contribution in [0.2, 0.25) is 0 Å². The summed E-state index contributed by atoms with van der Waals surface area (Å²) in [5.41, 5.74) is 8.10. The molecule has 0 bridgehead atoms. The predicted molar refractivity (Wildman–Crippen MR) is 78.1 cm³/mol. The zero-order valence-corrected chi connectivity index (χ0v) is 11.4. The first-order valence-electron chi connectivity index (χ1n) is 6.57. The number of nitrogens with one attached hydrogen (secondary N) is 1. The number of nitrogen functional groups attached to an aromatic ring is 1. The van der Waals surface area contributed by atoms with Crippen LogP contribution in [0.4, 0.5) is 5.69 Å². The molecule has 1 aromatic heterocycles. The molecule has 1 heterocycles. The molecule has 2 aromatic rings. The van der Waals surface area contributed by atoms with Crippen molar-refractivity contribution in [1.82, 2.24) is 10.3 Å². The number of hydrogen-bond acceptors (Lipinski definition) is 3. The molecule has 0 aliphatic rings. The quantitative estimate of drug-likeness (QED) is 0.653. The maximum Gasteiger partial charge on any atom is 0.270 e. The van der Waals surface area contributed by atoms with E-state index >= 15 is 0 Å². The van der Waals surface area contributed by atoms with E-state index in [0.29, 0.717) is 17.9 Å². The van der Waals surface area contributed by atoms with Gasteiger partial charge < -0.3 is 11.1 Å². The summed E-state index contributed by atoms with van der Waals surface area (Å²) in [6, 6.07) is 5.62. The fourth-order valence-corrected chi connectivity index (χ4v) is 2.12. The molecule has 0 aliphatic heterocycles. The molecule has 0 atom stereocenters. The fourth-order valence-electron chi connectivity index (χ4n) is 2.12. The smallest absolute Gasteiger partial charge is 0.270 e. The van der Waals surface area contributed by atoms with Gasteiger partial charge in [-0.3, -0.25) is 9.78 Å². The number of rotatable bonds is 4. The SMILES string of the molecule is CCCCNC(=O)c1nccc2c(N)ccc(C)c12. The molecule has 100 valence electrons. The van der Waals surface area contributed by atoms with Crippen LogP contribution in [0, 0.1) is 6.92 Å². The van der Waals surface area contributed by atoms with Gasteiger partial charge in [0.05, 0.1) is 0 Å². The van der Waals surface area contributed by atoms with E-state index in [1.807, 2.05) is 25.1 Å². The molecule has 0 spiro atoms. The minimum absolute atomic E-state index is 0.132. The number of hydrogen-bond donors (Lipinski definition) is 2. The number of aromatic nitrogens is 1. The number of nitrogens with two attached hydrogens (primary N) is 1. The Labute approximate surface area is 113 Å². The highest BCUT2D eigenvalue weighted by Crippen LogP contribution is 2.26. The van der Waals surface area contributed by atoms with E-state index in [-0.39, 0.29) is 5.91 Å². The second-order valence-electron chi connectivity index (χ2n) is 4.66. The minimum atomic E-state index is -0.132. The number of anilines is 1. The summed E-state index contributed by atoms with van der Waals surface area (Å²) < 4.78 is 0. The molecule has 1 aromatic carbocycles. The maximum absolute atomic E-state index is 12.2.